The molecule has 1 fully saturated rings. The zero-order valence-electron chi connectivity index (χ0n) is 17.8. The molecular weight excluding hydrogens is 456 g/mol. The Bertz CT molecular complexity index is 1120. The summed E-state index contributed by atoms with van der Waals surface area (Å²) in [5.74, 6) is -1.92. The fraction of sp³-hybridized carbons (Fsp3) is 0.350. The van der Waals surface area contributed by atoms with Gasteiger partial charge in [0.25, 0.3) is 23.2 Å². The van der Waals surface area contributed by atoms with Gasteiger partial charge in [0.05, 0.1) is 38.5 Å². The van der Waals surface area contributed by atoms with Crippen LogP contribution in [0.5, 0.6) is 0 Å². The van der Waals surface area contributed by atoms with Gasteiger partial charge in [-0.25, -0.2) is 4.79 Å². The summed E-state index contributed by atoms with van der Waals surface area (Å²) in [4.78, 5) is 60.8. The number of rotatable bonds is 7. The Morgan fingerprint density at radius 2 is 1.67 bits per heavy atom. The van der Waals surface area contributed by atoms with Crippen molar-refractivity contribution in [3.8, 4) is 0 Å². The van der Waals surface area contributed by atoms with Gasteiger partial charge in [-0.2, -0.15) is 0 Å². The van der Waals surface area contributed by atoms with Gasteiger partial charge in [-0.15, -0.1) is 11.3 Å². The Morgan fingerprint density at radius 3 is 2.18 bits per heavy atom. The van der Waals surface area contributed by atoms with Crippen molar-refractivity contribution in [1.82, 2.24) is 4.90 Å². The third-order valence-electron chi connectivity index (χ3n) is 5.03. The summed E-state index contributed by atoms with van der Waals surface area (Å²) in [5, 5.41) is 24.7. The molecule has 0 aliphatic carbocycles. The highest BCUT2D eigenvalue weighted by atomic mass is 32.1. The molecule has 1 N–H and O–H groups in total. The molecule has 1 aromatic heterocycles. The molecular formula is C20H20N4O8S. The van der Waals surface area contributed by atoms with Gasteiger partial charge in [0, 0.05) is 25.2 Å². The normalized spacial score (nSPS) is 13.0. The summed E-state index contributed by atoms with van der Waals surface area (Å²) in [6.45, 7) is 4.41. The predicted molar refractivity (Wildman–Crippen MR) is 118 cm³/mol. The highest BCUT2D eigenvalue weighted by Gasteiger charge is 2.30. The van der Waals surface area contributed by atoms with Crippen molar-refractivity contribution in [2.75, 3.05) is 25.0 Å². The molecule has 0 radical (unpaired) electrons. The van der Waals surface area contributed by atoms with Crippen molar-refractivity contribution in [1.29, 1.82) is 0 Å². The summed E-state index contributed by atoms with van der Waals surface area (Å²) in [6, 6.07) is 2.52. The van der Waals surface area contributed by atoms with Crippen LogP contribution in [0.4, 0.5) is 16.4 Å². The van der Waals surface area contributed by atoms with Crippen LogP contribution in [0.15, 0.2) is 18.2 Å². The molecule has 2 aromatic rings. The average Bonchev–Trinajstić information content (AvgIpc) is 3.41. The van der Waals surface area contributed by atoms with Crippen LogP contribution in [-0.4, -0.2) is 52.2 Å². The number of nitrogens with one attached hydrogen (secondary N) is 1. The number of thiophene rings is 1. The maximum absolute atomic E-state index is 12.9. The number of esters is 1. The van der Waals surface area contributed by atoms with E-state index in [0.29, 0.717) is 18.7 Å². The molecule has 0 atom stereocenters. The van der Waals surface area contributed by atoms with Crippen LogP contribution < -0.4 is 5.32 Å². The highest BCUT2D eigenvalue weighted by molar-refractivity contribution is 7.18. The van der Waals surface area contributed by atoms with Gasteiger partial charge in [0.15, 0.2) is 0 Å². The predicted octanol–water partition coefficient (Wildman–Crippen LogP) is 3.54. The van der Waals surface area contributed by atoms with Crippen molar-refractivity contribution in [2.45, 2.75) is 26.7 Å². The van der Waals surface area contributed by atoms with Crippen molar-refractivity contribution in [2.24, 2.45) is 0 Å². The molecule has 0 spiro atoms. The number of non-ortho nitro benzene ring substituents is 2. The molecule has 1 saturated heterocycles. The van der Waals surface area contributed by atoms with Gasteiger partial charge in [-0.3, -0.25) is 29.8 Å². The zero-order valence-corrected chi connectivity index (χ0v) is 18.6. The van der Waals surface area contributed by atoms with Crippen LogP contribution in [-0.2, 0) is 4.74 Å². The number of carbonyl (C=O) groups excluding carboxylic acids is 3. The molecule has 1 aliphatic heterocycles. The maximum Gasteiger partial charge on any atom is 0.341 e. The Morgan fingerprint density at radius 1 is 1.09 bits per heavy atom. The molecule has 3 rings (SSSR count). The number of anilines is 1. The number of amides is 2. The number of likely N-dealkylation sites (tertiary alicyclic amines) is 1. The lowest BCUT2D eigenvalue weighted by Crippen LogP contribution is -2.27. The number of nitro benzene ring substituents is 2. The molecule has 0 bridgehead atoms. The summed E-state index contributed by atoms with van der Waals surface area (Å²) in [7, 11) is 0. The third kappa shape index (κ3) is 4.98. The van der Waals surface area contributed by atoms with Gasteiger partial charge < -0.3 is 15.0 Å². The molecule has 2 amide bonds. The van der Waals surface area contributed by atoms with Gasteiger partial charge in [-0.1, -0.05) is 0 Å². The lowest BCUT2D eigenvalue weighted by atomic mass is 10.1. The van der Waals surface area contributed by atoms with Gasteiger partial charge in [-0.05, 0) is 32.3 Å². The Kier molecular flexibility index (Phi) is 7.01. The molecule has 174 valence electrons. The summed E-state index contributed by atoms with van der Waals surface area (Å²) in [6.07, 6.45) is 1.74. The Labute approximate surface area is 191 Å². The van der Waals surface area contributed by atoms with E-state index in [9.17, 15) is 34.6 Å². The standard InChI is InChI=1S/C20H20N4O8S/c1-3-32-20(27)15-11(2)16(19(26)22-6-4-5-7-22)33-18(15)21-17(25)12-8-13(23(28)29)10-14(9-12)24(30)31/h8-10H,3-7H2,1-2H3,(H,21,25). The first-order valence-corrected chi connectivity index (χ1v) is 10.8. The van der Waals surface area contributed by atoms with E-state index < -0.39 is 33.1 Å². The van der Waals surface area contributed by atoms with E-state index in [2.05, 4.69) is 5.32 Å². The van der Waals surface area contributed by atoms with E-state index in [1.54, 1.807) is 18.7 Å². The first-order chi connectivity index (χ1) is 15.6. The summed E-state index contributed by atoms with van der Waals surface area (Å²) >= 11 is 0.888. The molecule has 13 heteroatoms. The second-order valence-corrected chi connectivity index (χ2v) is 8.21. The van der Waals surface area contributed by atoms with Crippen LogP contribution >= 0.6 is 11.3 Å². The number of nitrogens with zero attached hydrogens (tertiary/aromatic N) is 3. The number of hydrogen-bond donors (Lipinski definition) is 1. The van der Waals surface area contributed by atoms with Crippen LogP contribution in [0.3, 0.4) is 0 Å². The van der Waals surface area contributed by atoms with Crippen molar-refractivity contribution in [3.63, 3.8) is 0 Å². The molecule has 1 aromatic carbocycles. The minimum absolute atomic E-state index is 0.00215. The van der Waals surface area contributed by atoms with Gasteiger partial charge >= 0.3 is 5.97 Å². The number of benzene rings is 1. The first kappa shape index (κ1) is 23.8. The molecule has 2 heterocycles. The van der Waals surface area contributed by atoms with Crippen LogP contribution in [0.1, 0.15) is 55.7 Å². The number of hydrogen-bond acceptors (Lipinski definition) is 9. The van der Waals surface area contributed by atoms with Crippen molar-refractivity contribution < 1.29 is 29.0 Å². The largest absolute Gasteiger partial charge is 0.462 e. The maximum atomic E-state index is 12.9. The van der Waals surface area contributed by atoms with E-state index in [4.69, 9.17) is 4.74 Å². The lowest BCUT2D eigenvalue weighted by molar-refractivity contribution is -0.394. The van der Waals surface area contributed by atoms with Crippen molar-refractivity contribution in [3.05, 3.63) is 60.0 Å². The van der Waals surface area contributed by atoms with Gasteiger partial charge in [0.1, 0.15) is 5.00 Å². The Balaban J connectivity index is 2.01. The van der Waals surface area contributed by atoms with E-state index in [1.807, 2.05) is 0 Å². The fourth-order valence-corrected chi connectivity index (χ4v) is 4.59. The topological polar surface area (TPSA) is 162 Å². The summed E-state index contributed by atoms with van der Waals surface area (Å²) < 4.78 is 5.07. The number of nitro groups is 2. The highest BCUT2D eigenvalue weighted by Crippen LogP contribution is 2.36. The zero-order chi connectivity index (χ0) is 24.3. The third-order valence-corrected chi connectivity index (χ3v) is 6.22. The van der Waals surface area contributed by atoms with Crippen molar-refractivity contribution >= 4 is 45.5 Å². The van der Waals surface area contributed by atoms with Crippen LogP contribution in [0, 0.1) is 27.2 Å². The van der Waals surface area contributed by atoms with Crippen LogP contribution in [0.2, 0.25) is 0 Å². The molecule has 0 unspecified atom stereocenters. The lowest BCUT2D eigenvalue weighted by Gasteiger charge is -2.14. The first-order valence-electron chi connectivity index (χ1n) is 9.99. The Hall–Kier alpha value is -3.87. The molecule has 33 heavy (non-hydrogen) atoms. The minimum Gasteiger partial charge on any atom is -0.462 e. The molecule has 12 nitrogen and oxygen atoms in total. The van der Waals surface area contributed by atoms with Crippen LogP contribution in [0.25, 0.3) is 0 Å². The average molecular weight is 476 g/mol. The SMILES string of the molecule is CCOC(=O)c1c(NC(=O)c2cc([N+](=O)[O-])cc([N+](=O)[O-])c2)sc(C(=O)N2CCCC2)c1C. The van der Waals surface area contributed by atoms with Gasteiger partial charge in [0.2, 0.25) is 0 Å². The van der Waals surface area contributed by atoms with E-state index >= 15 is 0 Å². The second kappa shape index (κ2) is 9.73. The number of carbonyl (C=O) groups is 3. The summed E-state index contributed by atoms with van der Waals surface area (Å²) in [5.41, 5.74) is -1.27. The quantitative estimate of drug-likeness (QED) is 0.360. The molecule has 0 saturated carbocycles. The minimum atomic E-state index is -0.909. The second-order valence-electron chi connectivity index (χ2n) is 7.19. The van der Waals surface area contributed by atoms with E-state index in [0.717, 1.165) is 42.4 Å². The smallest absolute Gasteiger partial charge is 0.341 e. The number of ether oxygens (including phenoxy) is 1. The van der Waals surface area contributed by atoms with E-state index in [1.165, 1.54) is 0 Å². The monoisotopic (exact) mass is 476 g/mol. The van der Waals surface area contributed by atoms with E-state index in [-0.39, 0.29) is 33.5 Å². The molecule has 1 aliphatic rings. The fourth-order valence-electron chi connectivity index (χ4n) is 3.43.